The number of nitrogen functional groups attached to an aromatic ring is 1. The van der Waals surface area contributed by atoms with Crippen LogP contribution in [0.3, 0.4) is 0 Å². The molecule has 17 heavy (non-hydrogen) atoms. The zero-order valence-electron chi connectivity index (χ0n) is 10.5. The lowest BCUT2D eigenvalue weighted by Gasteiger charge is -2.14. The fourth-order valence-corrected chi connectivity index (χ4v) is 1.16. The molecular weight excluding hydrogens is 218 g/mol. The molecule has 0 aromatic heterocycles. The van der Waals surface area contributed by atoms with E-state index in [1.165, 1.54) is 0 Å². The average Bonchev–Trinajstić information content (AvgIpc) is 2.28. The van der Waals surface area contributed by atoms with Crippen LogP contribution in [0, 0.1) is 5.92 Å². The van der Waals surface area contributed by atoms with E-state index >= 15 is 0 Å². The Hall–Kier alpha value is -1.71. The summed E-state index contributed by atoms with van der Waals surface area (Å²) in [5.74, 6) is 0.575. The van der Waals surface area contributed by atoms with Crippen molar-refractivity contribution in [3.05, 3.63) is 24.3 Å². The Morgan fingerprint density at radius 3 is 2.35 bits per heavy atom. The Kier molecular flexibility index (Phi) is 4.82. The quantitative estimate of drug-likeness (QED) is 0.630. The van der Waals surface area contributed by atoms with Crippen molar-refractivity contribution in [1.82, 2.24) is 0 Å². The SMILES string of the molecule is CC(C)COC(=O)[C@H](C)Oc1ccc(N)cc1. The molecule has 0 bridgehead atoms. The summed E-state index contributed by atoms with van der Waals surface area (Å²) in [5.41, 5.74) is 6.21. The summed E-state index contributed by atoms with van der Waals surface area (Å²) in [5, 5.41) is 0. The Morgan fingerprint density at radius 1 is 1.24 bits per heavy atom. The van der Waals surface area contributed by atoms with Crippen molar-refractivity contribution in [2.75, 3.05) is 12.3 Å². The number of carbonyl (C=O) groups excluding carboxylic acids is 1. The predicted molar refractivity (Wildman–Crippen MR) is 66.7 cm³/mol. The van der Waals surface area contributed by atoms with Gasteiger partial charge < -0.3 is 15.2 Å². The molecular formula is C13H19NO3. The highest BCUT2D eigenvalue weighted by Gasteiger charge is 2.16. The normalized spacial score (nSPS) is 12.2. The molecule has 1 rings (SSSR count). The first-order valence-corrected chi connectivity index (χ1v) is 5.68. The van der Waals surface area contributed by atoms with E-state index in [1.807, 2.05) is 13.8 Å². The van der Waals surface area contributed by atoms with Crippen molar-refractivity contribution >= 4 is 11.7 Å². The predicted octanol–water partition coefficient (Wildman–Crippen LogP) is 2.24. The van der Waals surface area contributed by atoms with Crippen LogP contribution in [-0.2, 0) is 9.53 Å². The maximum absolute atomic E-state index is 11.5. The molecule has 0 aliphatic heterocycles. The van der Waals surface area contributed by atoms with Crippen molar-refractivity contribution in [2.45, 2.75) is 26.9 Å². The van der Waals surface area contributed by atoms with E-state index < -0.39 is 6.10 Å². The van der Waals surface area contributed by atoms with Gasteiger partial charge in [0.25, 0.3) is 0 Å². The van der Waals surface area contributed by atoms with Gasteiger partial charge in [0.05, 0.1) is 6.61 Å². The molecule has 0 unspecified atom stereocenters. The highest BCUT2D eigenvalue weighted by molar-refractivity contribution is 5.74. The van der Waals surface area contributed by atoms with Crippen LogP contribution >= 0.6 is 0 Å². The molecule has 0 aliphatic carbocycles. The fourth-order valence-electron chi connectivity index (χ4n) is 1.16. The van der Waals surface area contributed by atoms with Crippen LogP contribution in [0.1, 0.15) is 20.8 Å². The lowest BCUT2D eigenvalue weighted by atomic mass is 10.2. The minimum atomic E-state index is -0.614. The molecule has 4 heteroatoms. The Labute approximate surface area is 102 Å². The zero-order valence-corrected chi connectivity index (χ0v) is 10.5. The molecule has 0 spiro atoms. The summed E-state index contributed by atoms with van der Waals surface area (Å²) in [7, 11) is 0. The molecule has 0 saturated heterocycles. The van der Waals surface area contributed by atoms with Crippen LogP contribution in [0.4, 0.5) is 5.69 Å². The summed E-state index contributed by atoms with van der Waals surface area (Å²) < 4.78 is 10.5. The zero-order chi connectivity index (χ0) is 12.8. The van der Waals surface area contributed by atoms with Gasteiger partial charge in [-0.15, -0.1) is 0 Å². The van der Waals surface area contributed by atoms with Gasteiger partial charge in [0.1, 0.15) is 5.75 Å². The third-order valence-corrected chi connectivity index (χ3v) is 2.08. The van der Waals surface area contributed by atoms with Gasteiger partial charge in [-0.05, 0) is 37.1 Å². The molecule has 0 heterocycles. The van der Waals surface area contributed by atoms with Crippen LogP contribution in [0.25, 0.3) is 0 Å². The molecule has 2 N–H and O–H groups in total. The van der Waals surface area contributed by atoms with E-state index in [4.69, 9.17) is 15.2 Å². The molecule has 0 fully saturated rings. The smallest absolute Gasteiger partial charge is 0.347 e. The first-order valence-electron chi connectivity index (χ1n) is 5.68. The van der Waals surface area contributed by atoms with E-state index in [0.29, 0.717) is 24.0 Å². The largest absolute Gasteiger partial charge is 0.479 e. The molecule has 0 aliphatic rings. The summed E-state index contributed by atoms with van der Waals surface area (Å²) in [4.78, 5) is 11.5. The number of benzene rings is 1. The van der Waals surface area contributed by atoms with E-state index in [-0.39, 0.29) is 5.97 Å². The maximum atomic E-state index is 11.5. The third kappa shape index (κ3) is 4.76. The first-order chi connectivity index (χ1) is 7.99. The summed E-state index contributed by atoms with van der Waals surface area (Å²) in [6.07, 6.45) is -0.614. The maximum Gasteiger partial charge on any atom is 0.347 e. The molecule has 1 atom stereocenters. The molecule has 4 nitrogen and oxygen atoms in total. The van der Waals surface area contributed by atoms with Crippen LogP contribution < -0.4 is 10.5 Å². The third-order valence-electron chi connectivity index (χ3n) is 2.08. The van der Waals surface area contributed by atoms with Crippen LogP contribution in [0.2, 0.25) is 0 Å². The van der Waals surface area contributed by atoms with Gasteiger partial charge >= 0.3 is 5.97 Å². The van der Waals surface area contributed by atoms with Gasteiger partial charge in [-0.2, -0.15) is 0 Å². The van der Waals surface area contributed by atoms with Crippen LogP contribution in [0.15, 0.2) is 24.3 Å². The Morgan fingerprint density at radius 2 is 1.82 bits per heavy atom. The van der Waals surface area contributed by atoms with Crippen molar-refractivity contribution in [3.8, 4) is 5.75 Å². The minimum Gasteiger partial charge on any atom is -0.479 e. The molecule has 1 aromatic rings. The molecule has 0 radical (unpaired) electrons. The standard InChI is InChI=1S/C13H19NO3/c1-9(2)8-16-13(15)10(3)17-12-6-4-11(14)5-7-12/h4-7,9-10H,8,14H2,1-3H3/t10-/m0/s1. The number of carbonyl (C=O) groups is 1. The van der Waals surface area contributed by atoms with Crippen molar-refractivity contribution in [1.29, 1.82) is 0 Å². The van der Waals surface area contributed by atoms with E-state index in [9.17, 15) is 4.79 Å². The minimum absolute atomic E-state index is 0.322. The number of hydrogen-bond donors (Lipinski definition) is 1. The van der Waals surface area contributed by atoms with Gasteiger partial charge in [-0.1, -0.05) is 13.8 Å². The van der Waals surface area contributed by atoms with Crippen LogP contribution in [0.5, 0.6) is 5.75 Å². The lowest BCUT2D eigenvalue weighted by molar-refractivity contribution is -0.152. The van der Waals surface area contributed by atoms with E-state index in [2.05, 4.69) is 0 Å². The summed E-state index contributed by atoms with van der Waals surface area (Å²) in [6, 6.07) is 6.89. The average molecular weight is 237 g/mol. The number of hydrogen-bond acceptors (Lipinski definition) is 4. The number of rotatable bonds is 5. The van der Waals surface area contributed by atoms with Gasteiger partial charge in [0, 0.05) is 5.69 Å². The number of esters is 1. The highest BCUT2D eigenvalue weighted by atomic mass is 16.6. The number of nitrogens with two attached hydrogens (primary N) is 1. The fraction of sp³-hybridized carbons (Fsp3) is 0.462. The molecule has 0 amide bonds. The second kappa shape index (κ2) is 6.13. The molecule has 94 valence electrons. The second-order valence-electron chi connectivity index (χ2n) is 4.35. The van der Waals surface area contributed by atoms with Crippen molar-refractivity contribution in [3.63, 3.8) is 0 Å². The second-order valence-corrected chi connectivity index (χ2v) is 4.35. The summed E-state index contributed by atoms with van der Waals surface area (Å²) in [6.45, 7) is 6.05. The highest BCUT2D eigenvalue weighted by Crippen LogP contribution is 2.15. The van der Waals surface area contributed by atoms with Gasteiger partial charge in [0.15, 0.2) is 6.10 Å². The lowest BCUT2D eigenvalue weighted by Crippen LogP contribution is -2.27. The van der Waals surface area contributed by atoms with Crippen molar-refractivity contribution in [2.24, 2.45) is 5.92 Å². The van der Waals surface area contributed by atoms with Gasteiger partial charge in [-0.3, -0.25) is 0 Å². The molecule has 1 aromatic carbocycles. The number of anilines is 1. The van der Waals surface area contributed by atoms with Gasteiger partial charge in [0.2, 0.25) is 0 Å². The molecule has 0 saturated carbocycles. The summed E-state index contributed by atoms with van der Waals surface area (Å²) >= 11 is 0. The Bertz CT molecular complexity index is 359. The van der Waals surface area contributed by atoms with Gasteiger partial charge in [-0.25, -0.2) is 4.79 Å². The first kappa shape index (κ1) is 13.4. The number of ether oxygens (including phenoxy) is 2. The van der Waals surface area contributed by atoms with E-state index in [0.717, 1.165) is 0 Å². The van der Waals surface area contributed by atoms with E-state index in [1.54, 1.807) is 31.2 Å². The monoisotopic (exact) mass is 237 g/mol. The van der Waals surface area contributed by atoms with Crippen LogP contribution in [-0.4, -0.2) is 18.7 Å². The topological polar surface area (TPSA) is 61.5 Å². The Balaban J connectivity index is 2.45. The van der Waals surface area contributed by atoms with Crippen molar-refractivity contribution < 1.29 is 14.3 Å².